The van der Waals surface area contributed by atoms with E-state index < -0.39 is 6.04 Å². The van der Waals surface area contributed by atoms with Gasteiger partial charge in [-0.3, -0.25) is 9.59 Å². The van der Waals surface area contributed by atoms with Gasteiger partial charge in [-0.05, 0) is 38.3 Å². The van der Waals surface area contributed by atoms with Crippen molar-refractivity contribution in [1.29, 1.82) is 0 Å². The Morgan fingerprint density at radius 3 is 2.93 bits per heavy atom. The van der Waals surface area contributed by atoms with Gasteiger partial charge in [0.1, 0.15) is 11.7 Å². The fourth-order valence-corrected chi connectivity index (χ4v) is 3.86. The number of carbonyl (C=O) groups is 2. The van der Waals surface area contributed by atoms with E-state index in [0.29, 0.717) is 28.8 Å². The Morgan fingerprint density at radius 2 is 2.19 bits per heavy atom. The Balaban J connectivity index is 1.69. The Kier molecular flexibility index (Phi) is 6.34. The quantitative estimate of drug-likeness (QED) is 0.758. The summed E-state index contributed by atoms with van der Waals surface area (Å²) in [6, 6.07) is 7.03. The zero-order valence-corrected chi connectivity index (χ0v) is 16.9. The Hall–Kier alpha value is -2.12. The summed E-state index contributed by atoms with van der Waals surface area (Å²) in [5.41, 5.74) is 1.08. The number of anilines is 2. The summed E-state index contributed by atoms with van der Waals surface area (Å²) in [4.78, 5) is 31.4. The van der Waals surface area contributed by atoms with Gasteiger partial charge in [-0.1, -0.05) is 30.7 Å². The van der Waals surface area contributed by atoms with E-state index in [2.05, 4.69) is 15.6 Å². The molecule has 2 heterocycles. The van der Waals surface area contributed by atoms with Gasteiger partial charge >= 0.3 is 0 Å². The molecule has 144 valence electrons. The van der Waals surface area contributed by atoms with Crippen LogP contribution in [0.3, 0.4) is 0 Å². The van der Waals surface area contributed by atoms with E-state index >= 15 is 0 Å². The first-order valence-electron chi connectivity index (χ1n) is 9.08. The van der Waals surface area contributed by atoms with Gasteiger partial charge in [0, 0.05) is 18.0 Å². The van der Waals surface area contributed by atoms with E-state index in [0.717, 1.165) is 18.5 Å². The van der Waals surface area contributed by atoms with Crippen LogP contribution in [0.5, 0.6) is 0 Å². The lowest BCUT2D eigenvalue weighted by atomic mass is 10.1. The molecule has 27 heavy (non-hydrogen) atoms. The van der Waals surface area contributed by atoms with E-state index in [1.807, 2.05) is 32.0 Å². The minimum Gasteiger partial charge on any atom is -0.352 e. The number of rotatable bonds is 6. The number of aromatic nitrogens is 1. The Labute approximate surface area is 167 Å². The summed E-state index contributed by atoms with van der Waals surface area (Å²) in [5.74, 6) is -0.292. The number of carbonyl (C=O) groups excluding carboxylic acids is 2. The molecular weight excluding hydrogens is 384 g/mol. The normalized spacial score (nSPS) is 17.6. The minimum absolute atomic E-state index is 0.0835. The summed E-state index contributed by atoms with van der Waals surface area (Å²) in [5, 5.41) is 8.99. The lowest BCUT2D eigenvalue weighted by Crippen LogP contribution is -2.48. The Bertz CT molecular complexity index is 826. The molecule has 1 fully saturated rings. The maximum Gasteiger partial charge on any atom is 0.274 e. The summed E-state index contributed by atoms with van der Waals surface area (Å²) >= 11 is 7.48. The molecule has 1 aromatic carbocycles. The molecule has 6 nitrogen and oxygen atoms in total. The van der Waals surface area contributed by atoms with Crippen LogP contribution >= 0.6 is 22.9 Å². The maximum atomic E-state index is 12.9. The van der Waals surface area contributed by atoms with E-state index in [1.165, 1.54) is 11.3 Å². The van der Waals surface area contributed by atoms with Crippen LogP contribution in [-0.4, -0.2) is 40.3 Å². The standard InChI is InChI=1S/C19H23ClN4O2S/c1-3-12(2)21-17(25)16-9-6-10-24(16)18(26)15-11-27-19(23-15)22-14-8-5-4-7-13(14)20/h4-5,7-8,11-12,16H,3,6,9-10H2,1-2H3,(H,21,25)(H,22,23)/t12-,16+/m0/s1. The van der Waals surface area contributed by atoms with Gasteiger partial charge in [-0.2, -0.15) is 0 Å². The molecule has 3 rings (SSSR count). The van der Waals surface area contributed by atoms with Crippen LogP contribution in [-0.2, 0) is 4.79 Å². The number of halogens is 1. The minimum atomic E-state index is -0.423. The molecule has 2 amide bonds. The number of thiazole rings is 1. The highest BCUT2D eigenvalue weighted by atomic mass is 35.5. The first-order chi connectivity index (χ1) is 13.0. The zero-order valence-electron chi connectivity index (χ0n) is 15.4. The molecule has 2 N–H and O–H groups in total. The van der Waals surface area contributed by atoms with Crippen molar-refractivity contribution in [1.82, 2.24) is 15.2 Å². The summed E-state index contributed by atoms with van der Waals surface area (Å²) in [6.45, 7) is 4.56. The van der Waals surface area contributed by atoms with Crippen LogP contribution in [0, 0.1) is 0 Å². The summed E-state index contributed by atoms with van der Waals surface area (Å²) < 4.78 is 0. The van der Waals surface area contributed by atoms with E-state index in [9.17, 15) is 9.59 Å². The average Bonchev–Trinajstić information content (AvgIpc) is 3.32. The lowest BCUT2D eigenvalue weighted by molar-refractivity contribution is -0.125. The lowest BCUT2D eigenvalue weighted by Gasteiger charge is -2.24. The molecule has 1 aliphatic heterocycles. The first-order valence-corrected chi connectivity index (χ1v) is 10.3. The molecule has 1 saturated heterocycles. The van der Waals surface area contributed by atoms with Crippen molar-refractivity contribution in [3.8, 4) is 0 Å². The van der Waals surface area contributed by atoms with Crippen molar-refractivity contribution in [2.24, 2.45) is 0 Å². The third-order valence-electron chi connectivity index (χ3n) is 4.66. The number of amides is 2. The van der Waals surface area contributed by atoms with E-state index in [-0.39, 0.29) is 17.9 Å². The largest absolute Gasteiger partial charge is 0.352 e. The molecule has 8 heteroatoms. The van der Waals surface area contributed by atoms with Gasteiger partial charge in [0.25, 0.3) is 5.91 Å². The molecule has 0 bridgehead atoms. The number of likely N-dealkylation sites (tertiary alicyclic amines) is 1. The smallest absolute Gasteiger partial charge is 0.274 e. The van der Waals surface area contributed by atoms with Crippen LogP contribution in [0.15, 0.2) is 29.6 Å². The maximum absolute atomic E-state index is 12.9. The molecule has 1 aliphatic rings. The molecular formula is C19H23ClN4O2S. The van der Waals surface area contributed by atoms with Crippen molar-refractivity contribution < 1.29 is 9.59 Å². The van der Waals surface area contributed by atoms with Crippen LogP contribution in [0.4, 0.5) is 10.8 Å². The molecule has 0 unspecified atom stereocenters. The number of hydrogen-bond donors (Lipinski definition) is 2. The molecule has 0 spiro atoms. The monoisotopic (exact) mass is 406 g/mol. The van der Waals surface area contributed by atoms with Crippen molar-refractivity contribution in [2.45, 2.75) is 45.2 Å². The van der Waals surface area contributed by atoms with Crippen molar-refractivity contribution in [3.05, 3.63) is 40.4 Å². The van der Waals surface area contributed by atoms with Crippen LogP contribution in [0.2, 0.25) is 5.02 Å². The van der Waals surface area contributed by atoms with Crippen molar-refractivity contribution >= 4 is 45.6 Å². The average molecular weight is 407 g/mol. The first kappa shape index (κ1) is 19.6. The highest BCUT2D eigenvalue weighted by Gasteiger charge is 2.35. The topological polar surface area (TPSA) is 74.3 Å². The predicted octanol–water partition coefficient (Wildman–Crippen LogP) is 4.06. The molecule has 2 aromatic rings. The zero-order chi connectivity index (χ0) is 19.4. The fourth-order valence-electron chi connectivity index (χ4n) is 2.98. The predicted molar refractivity (Wildman–Crippen MR) is 109 cm³/mol. The fraction of sp³-hybridized carbons (Fsp3) is 0.421. The molecule has 2 atom stereocenters. The van der Waals surface area contributed by atoms with E-state index in [1.54, 1.807) is 16.3 Å². The number of benzene rings is 1. The van der Waals surface area contributed by atoms with Crippen LogP contribution in [0.1, 0.15) is 43.6 Å². The van der Waals surface area contributed by atoms with Crippen LogP contribution < -0.4 is 10.6 Å². The van der Waals surface area contributed by atoms with E-state index in [4.69, 9.17) is 11.6 Å². The van der Waals surface area contributed by atoms with Gasteiger partial charge in [0.05, 0.1) is 10.7 Å². The SMILES string of the molecule is CC[C@H](C)NC(=O)[C@H]1CCCN1C(=O)c1csc(Nc2ccccc2Cl)n1. The second-order valence-corrected chi connectivity index (χ2v) is 7.88. The number of hydrogen-bond acceptors (Lipinski definition) is 5. The molecule has 0 aliphatic carbocycles. The molecule has 0 radical (unpaired) electrons. The highest BCUT2D eigenvalue weighted by Crippen LogP contribution is 2.28. The summed E-state index contributed by atoms with van der Waals surface area (Å²) in [6.07, 6.45) is 2.36. The van der Waals surface area contributed by atoms with Crippen LogP contribution in [0.25, 0.3) is 0 Å². The number of para-hydroxylation sites is 1. The highest BCUT2D eigenvalue weighted by molar-refractivity contribution is 7.14. The van der Waals surface area contributed by atoms with Crippen molar-refractivity contribution in [3.63, 3.8) is 0 Å². The Morgan fingerprint density at radius 1 is 1.41 bits per heavy atom. The van der Waals surface area contributed by atoms with Gasteiger partial charge in [0.2, 0.25) is 5.91 Å². The van der Waals surface area contributed by atoms with Gasteiger partial charge < -0.3 is 15.5 Å². The molecule has 1 aromatic heterocycles. The summed E-state index contributed by atoms with van der Waals surface area (Å²) in [7, 11) is 0. The second kappa shape index (κ2) is 8.71. The van der Waals surface area contributed by atoms with Crippen molar-refractivity contribution in [2.75, 3.05) is 11.9 Å². The second-order valence-electron chi connectivity index (χ2n) is 6.62. The third kappa shape index (κ3) is 4.59. The number of nitrogens with one attached hydrogen (secondary N) is 2. The molecule has 0 saturated carbocycles. The van der Waals surface area contributed by atoms with Gasteiger partial charge in [-0.25, -0.2) is 4.98 Å². The number of nitrogens with zero attached hydrogens (tertiary/aromatic N) is 2. The third-order valence-corrected chi connectivity index (χ3v) is 5.74. The van der Waals surface area contributed by atoms with Gasteiger partial charge in [0.15, 0.2) is 5.13 Å². The van der Waals surface area contributed by atoms with Gasteiger partial charge in [-0.15, -0.1) is 11.3 Å².